The molecule has 0 spiro atoms. The number of carbonyl (C=O) groups excluding carboxylic acids is 1. The summed E-state index contributed by atoms with van der Waals surface area (Å²) >= 11 is 5.88. The maximum Gasteiger partial charge on any atom is 0.248 e. The molecule has 21 heavy (non-hydrogen) atoms. The number of carbonyl (C=O) groups is 1. The zero-order valence-electron chi connectivity index (χ0n) is 12.6. The van der Waals surface area contributed by atoms with Gasteiger partial charge in [0.2, 0.25) is 5.91 Å². The van der Waals surface area contributed by atoms with E-state index in [0.29, 0.717) is 6.04 Å². The van der Waals surface area contributed by atoms with E-state index in [0.717, 1.165) is 37.3 Å². The Labute approximate surface area is 131 Å². The summed E-state index contributed by atoms with van der Waals surface area (Å²) in [5, 5.41) is 5.66. The van der Waals surface area contributed by atoms with Crippen molar-refractivity contribution in [3.8, 4) is 0 Å². The molecule has 1 aliphatic carbocycles. The molecule has 0 bridgehead atoms. The van der Waals surface area contributed by atoms with E-state index in [4.69, 9.17) is 16.4 Å². The number of benzene rings is 1. The van der Waals surface area contributed by atoms with E-state index >= 15 is 0 Å². The maximum atomic E-state index is 12.0. The molecule has 0 saturated heterocycles. The maximum absolute atomic E-state index is 12.0. The summed E-state index contributed by atoms with van der Waals surface area (Å²) in [5.74, 6) is 0.192. The van der Waals surface area contributed by atoms with Crippen LogP contribution in [-0.4, -0.2) is 31.2 Å². The van der Waals surface area contributed by atoms with Gasteiger partial charge in [0.05, 0.1) is 7.11 Å². The normalized spacial score (nSPS) is 22.0. The minimum Gasteiger partial charge on any atom is -0.310 e. The van der Waals surface area contributed by atoms with Crippen molar-refractivity contribution < 1.29 is 9.63 Å². The topological polar surface area (TPSA) is 41.6 Å². The van der Waals surface area contributed by atoms with Crippen LogP contribution in [0.5, 0.6) is 0 Å². The molecule has 0 heterocycles. The van der Waals surface area contributed by atoms with Crippen LogP contribution in [0.3, 0.4) is 0 Å². The van der Waals surface area contributed by atoms with E-state index in [1.54, 1.807) is 7.05 Å². The molecule has 0 unspecified atom stereocenters. The Morgan fingerprint density at radius 1 is 1.29 bits per heavy atom. The first-order valence-corrected chi connectivity index (χ1v) is 7.77. The lowest BCUT2D eigenvalue weighted by Gasteiger charge is -2.30. The molecule has 1 saturated carbocycles. The zero-order valence-corrected chi connectivity index (χ0v) is 13.4. The molecule has 2 rings (SSSR count). The van der Waals surface area contributed by atoms with E-state index in [9.17, 15) is 4.79 Å². The van der Waals surface area contributed by atoms with Crippen molar-refractivity contribution in [1.29, 1.82) is 0 Å². The fraction of sp³-hybridized carbons (Fsp3) is 0.562. The average molecular weight is 311 g/mol. The van der Waals surface area contributed by atoms with Crippen molar-refractivity contribution in [2.24, 2.45) is 5.92 Å². The SMILES string of the molecule is CON(C)C(=O)C1CCC(NCc2ccc(Cl)cc2)CC1. The van der Waals surface area contributed by atoms with Gasteiger partial charge >= 0.3 is 0 Å². The Morgan fingerprint density at radius 3 is 2.48 bits per heavy atom. The van der Waals surface area contributed by atoms with E-state index in [1.165, 1.54) is 17.7 Å². The second-order valence-electron chi connectivity index (χ2n) is 5.57. The average Bonchev–Trinajstić information content (AvgIpc) is 2.53. The lowest BCUT2D eigenvalue weighted by atomic mass is 9.85. The van der Waals surface area contributed by atoms with Crippen molar-refractivity contribution >= 4 is 17.5 Å². The highest BCUT2D eigenvalue weighted by atomic mass is 35.5. The van der Waals surface area contributed by atoms with Crippen molar-refractivity contribution in [3.05, 3.63) is 34.9 Å². The minimum absolute atomic E-state index is 0.0913. The van der Waals surface area contributed by atoms with Crippen LogP contribution in [0.25, 0.3) is 0 Å². The quantitative estimate of drug-likeness (QED) is 0.850. The van der Waals surface area contributed by atoms with Gasteiger partial charge in [-0.15, -0.1) is 0 Å². The number of hydrogen-bond donors (Lipinski definition) is 1. The van der Waals surface area contributed by atoms with Gasteiger partial charge in [-0.3, -0.25) is 9.63 Å². The van der Waals surface area contributed by atoms with Gasteiger partial charge in [0.25, 0.3) is 0 Å². The monoisotopic (exact) mass is 310 g/mol. The number of nitrogens with one attached hydrogen (secondary N) is 1. The van der Waals surface area contributed by atoms with Crippen LogP contribution < -0.4 is 5.32 Å². The van der Waals surface area contributed by atoms with E-state index < -0.39 is 0 Å². The molecule has 1 aromatic carbocycles. The van der Waals surface area contributed by atoms with Gasteiger partial charge < -0.3 is 5.32 Å². The number of amides is 1. The molecule has 4 nitrogen and oxygen atoms in total. The predicted molar refractivity (Wildman–Crippen MR) is 83.8 cm³/mol. The summed E-state index contributed by atoms with van der Waals surface area (Å²) in [5.41, 5.74) is 1.23. The van der Waals surface area contributed by atoms with Gasteiger partial charge in [-0.05, 0) is 43.4 Å². The zero-order chi connectivity index (χ0) is 15.2. The molecule has 1 N–H and O–H groups in total. The van der Waals surface area contributed by atoms with Crippen LogP contribution in [0.15, 0.2) is 24.3 Å². The van der Waals surface area contributed by atoms with Gasteiger partial charge in [-0.1, -0.05) is 23.7 Å². The number of nitrogens with zero attached hydrogens (tertiary/aromatic N) is 1. The predicted octanol–water partition coefficient (Wildman–Crippen LogP) is 3.01. The highest BCUT2D eigenvalue weighted by Crippen LogP contribution is 2.26. The molecular formula is C16H23ClN2O2. The first kappa shape index (κ1) is 16.3. The molecule has 1 aromatic rings. The summed E-state index contributed by atoms with van der Waals surface area (Å²) in [6.45, 7) is 0.846. The Morgan fingerprint density at radius 2 is 1.90 bits per heavy atom. The first-order valence-electron chi connectivity index (χ1n) is 7.39. The van der Waals surface area contributed by atoms with Crippen molar-refractivity contribution in [1.82, 2.24) is 10.4 Å². The second-order valence-corrected chi connectivity index (χ2v) is 6.01. The Hall–Kier alpha value is -1.10. The molecule has 1 fully saturated rings. The van der Waals surface area contributed by atoms with Crippen LogP contribution in [0.4, 0.5) is 0 Å². The van der Waals surface area contributed by atoms with Crippen LogP contribution in [-0.2, 0) is 16.2 Å². The second kappa shape index (κ2) is 7.78. The molecule has 1 amide bonds. The van der Waals surface area contributed by atoms with E-state index in [2.05, 4.69) is 5.32 Å². The van der Waals surface area contributed by atoms with E-state index in [1.807, 2.05) is 24.3 Å². The first-order chi connectivity index (χ1) is 10.1. The van der Waals surface area contributed by atoms with Crippen LogP contribution >= 0.6 is 11.6 Å². The van der Waals surface area contributed by atoms with Crippen molar-refractivity contribution in [2.75, 3.05) is 14.2 Å². The van der Waals surface area contributed by atoms with Crippen LogP contribution in [0.1, 0.15) is 31.2 Å². The summed E-state index contributed by atoms with van der Waals surface area (Å²) in [6, 6.07) is 8.39. The third-order valence-electron chi connectivity index (χ3n) is 4.17. The lowest BCUT2D eigenvalue weighted by Crippen LogP contribution is -2.38. The highest BCUT2D eigenvalue weighted by Gasteiger charge is 2.28. The fourth-order valence-corrected chi connectivity index (χ4v) is 2.88. The van der Waals surface area contributed by atoms with E-state index in [-0.39, 0.29) is 11.8 Å². The summed E-state index contributed by atoms with van der Waals surface area (Å²) in [4.78, 5) is 17.0. The van der Waals surface area contributed by atoms with Gasteiger partial charge in [0, 0.05) is 30.6 Å². The largest absolute Gasteiger partial charge is 0.310 e. The highest BCUT2D eigenvalue weighted by molar-refractivity contribution is 6.30. The summed E-state index contributed by atoms with van der Waals surface area (Å²) in [6.07, 6.45) is 3.90. The molecule has 0 aromatic heterocycles. The minimum atomic E-state index is 0.0913. The smallest absolute Gasteiger partial charge is 0.248 e. The molecule has 5 heteroatoms. The third-order valence-corrected chi connectivity index (χ3v) is 4.42. The van der Waals surface area contributed by atoms with Crippen molar-refractivity contribution in [3.63, 3.8) is 0 Å². The molecule has 0 aliphatic heterocycles. The number of hydrogen-bond acceptors (Lipinski definition) is 3. The van der Waals surface area contributed by atoms with Gasteiger partial charge in [0.15, 0.2) is 0 Å². The Balaban J connectivity index is 1.74. The van der Waals surface area contributed by atoms with Gasteiger partial charge in [-0.25, -0.2) is 5.06 Å². The molecular weight excluding hydrogens is 288 g/mol. The number of rotatable bonds is 5. The van der Waals surface area contributed by atoms with Crippen molar-refractivity contribution in [2.45, 2.75) is 38.3 Å². The summed E-state index contributed by atoms with van der Waals surface area (Å²) < 4.78 is 0. The third kappa shape index (κ3) is 4.70. The fourth-order valence-electron chi connectivity index (χ4n) is 2.76. The Bertz CT molecular complexity index is 456. The standard InChI is InChI=1S/C16H23ClN2O2/c1-19(21-2)16(20)13-5-9-15(10-6-13)18-11-12-3-7-14(17)8-4-12/h3-4,7-8,13,15,18H,5-6,9-11H2,1-2H3. The van der Waals surface area contributed by atoms with Gasteiger partial charge in [-0.2, -0.15) is 0 Å². The molecule has 116 valence electrons. The van der Waals surface area contributed by atoms with Crippen LogP contribution in [0, 0.1) is 5.92 Å². The molecule has 1 aliphatic rings. The Kier molecular flexibility index (Phi) is 6.03. The number of halogens is 1. The van der Waals surface area contributed by atoms with Crippen LogP contribution in [0.2, 0.25) is 5.02 Å². The number of hydroxylamine groups is 2. The van der Waals surface area contributed by atoms with Gasteiger partial charge in [0.1, 0.15) is 0 Å². The lowest BCUT2D eigenvalue weighted by molar-refractivity contribution is -0.174. The molecule has 0 radical (unpaired) electrons. The summed E-state index contributed by atoms with van der Waals surface area (Å²) in [7, 11) is 3.20. The molecule has 0 atom stereocenters.